The summed E-state index contributed by atoms with van der Waals surface area (Å²) in [5.74, 6) is 1.77. The van der Waals surface area contributed by atoms with Gasteiger partial charge in [-0.05, 0) is 24.5 Å². The summed E-state index contributed by atoms with van der Waals surface area (Å²) in [4.78, 5) is 4.53. The summed E-state index contributed by atoms with van der Waals surface area (Å²) in [6.07, 6.45) is 1.91. The fourth-order valence-electron chi connectivity index (χ4n) is 2.39. The van der Waals surface area contributed by atoms with Gasteiger partial charge in [0.1, 0.15) is 5.82 Å². The maximum Gasteiger partial charge on any atom is 0.155 e. The molecule has 4 heteroatoms. The number of aliphatic hydroxyl groups excluding tert-OH is 1. The molecule has 4 nitrogen and oxygen atoms in total. The van der Waals surface area contributed by atoms with Gasteiger partial charge in [0.2, 0.25) is 0 Å². The molecule has 1 unspecified atom stereocenters. The van der Waals surface area contributed by atoms with Gasteiger partial charge in [0.15, 0.2) is 5.82 Å². The van der Waals surface area contributed by atoms with Crippen molar-refractivity contribution in [1.29, 1.82) is 0 Å². The molecular weight excluding hydrogens is 226 g/mol. The Hall–Kier alpha value is -1.68. The van der Waals surface area contributed by atoms with Crippen molar-refractivity contribution in [3.8, 4) is 0 Å². The van der Waals surface area contributed by atoms with Gasteiger partial charge in [-0.15, -0.1) is 0 Å². The normalized spacial score (nSPS) is 18.7. The van der Waals surface area contributed by atoms with Crippen molar-refractivity contribution >= 4 is 0 Å². The van der Waals surface area contributed by atoms with E-state index in [0.717, 1.165) is 31.0 Å². The lowest BCUT2D eigenvalue weighted by Crippen LogP contribution is -2.23. The number of aliphatic hydroxyl groups is 1. The fourth-order valence-corrected chi connectivity index (χ4v) is 2.39. The summed E-state index contributed by atoms with van der Waals surface area (Å²) < 4.78 is 1.93. The van der Waals surface area contributed by atoms with Gasteiger partial charge >= 0.3 is 0 Å². The van der Waals surface area contributed by atoms with Crippen LogP contribution < -0.4 is 0 Å². The maximum atomic E-state index is 9.62. The maximum absolute atomic E-state index is 9.62. The van der Waals surface area contributed by atoms with Crippen molar-refractivity contribution in [1.82, 2.24) is 14.8 Å². The first-order chi connectivity index (χ1) is 8.72. The van der Waals surface area contributed by atoms with E-state index in [4.69, 9.17) is 0 Å². The largest absolute Gasteiger partial charge is 0.393 e. The summed E-state index contributed by atoms with van der Waals surface area (Å²) >= 11 is 0. The van der Waals surface area contributed by atoms with E-state index in [0.29, 0.717) is 6.42 Å². The summed E-state index contributed by atoms with van der Waals surface area (Å²) in [6.45, 7) is 2.88. The Morgan fingerprint density at radius 1 is 1.39 bits per heavy atom. The molecular formula is C14H17N3O. The second-order valence-corrected chi connectivity index (χ2v) is 4.92. The molecule has 0 saturated heterocycles. The minimum Gasteiger partial charge on any atom is -0.393 e. The minimum atomic E-state index is -0.256. The Bertz CT molecular complexity index is 562. The van der Waals surface area contributed by atoms with Gasteiger partial charge < -0.3 is 5.11 Å². The van der Waals surface area contributed by atoms with Crippen LogP contribution in [0.4, 0.5) is 0 Å². The van der Waals surface area contributed by atoms with Gasteiger partial charge in [0, 0.05) is 19.4 Å². The lowest BCUT2D eigenvalue weighted by molar-refractivity contribution is 0.138. The number of fused-ring (bicyclic) bond motifs is 1. The van der Waals surface area contributed by atoms with Crippen molar-refractivity contribution < 1.29 is 5.11 Å². The lowest BCUT2D eigenvalue weighted by Gasteiger charge is -2.16. The highest BCUT2D eigenvalue weighted by Crippen LogP contribution is 2.16. The van der Waals surface area contributed by atoms with E-state index in [1.165, 1.54) is 11.1 Å². The molecule has 2 heterocycles. The molecule has 1 N–H and O–H groups in total. The lowest BCUT2D eigenvalue weighted by atomic mass is 10.1. The predicted molar refractivity (Wildman–Crippen MR) is 68.3 cm³/mol. The zero-order chi connectivity index (χ0) is 12.5. The molecule has 0 saturated carbocycles. The number of nitrogens with zero attached hydrogens (tertiary/aromatic N) is 3. The quantitative estimate of drug-likeness (QED) is 0.869. The first-order valence-electron chi connectivity index (χ1n) is 6.37. The summed E-state index contributed by atoms with van der Waals surface area (Å²) in [7, 11) is 0. The topological polar surface area (TPSA) is 50.9 Å². The molecule has 0 bridgehead atoms. The average Bonchev–Trinajstić information content (AvgIpc) is 2.73. The van der Waals surface area contributed by atoms with Gasteiger partial charge in [0.25, 0.3) is 0 Å². The number of benzene rings is 1. The summed E-state index contributed by atoms with van der Waals surface area (Å²) in [6, 6.07) is 8.31. The van der Waals surface area contributed by atoms with E-state index < -0.39 is 0 Å². The molecule has 18 heavy (non-hydrogen) atoms. The molecule has 1 atom stereocenters. The molecule has 3 rings (SSSR count). The third kappa shape index (κ3) is 2.16. The Kier molecular flexibility index (Phi) is 2.88. The monoisotopic (exact) mass is 243 g/mol. The van der Waals surface area contributed by atoms with Crippen molar-refractivity contribution in [2.75, 3.05) is 0 Å². The van der Waals surface area contributed by atoms with Crippen LogP contribution >= 0.6 is 0 Å². The highest BCUT2D eigenvalue weighted by molar-refractivity contribution is 5.28. The van der Waals surface area contributed by atoms with Crippen LogP contribution in [0.15, 0.2) is 24.3 Å². The van der Waals surface area contributed by atoms with Gasteiger partial charge in [-0.2, -0.15) is 5.10 Å². The molecule has 0 spiro atoms. The zero-order valence-corrected chi connectivity index (χ0v) is 10.5. The molecule has 94 valence electrons. The fraction of sp³-hybridized carbons (Fsp3) is 0.429. The molecule has 1 aromatic heterocycles. The van der Waals surface area contributed by atoms with Gasteiger partial charge in [-0.3, -0.25) is 0 Å². The Morgan fingerprint density at radius 2 is 2.22 bits per heavy atom. The van der Waals surface area contributed by atoms with E-state index >= 15 is 0 Å². The van der Waals surface area contributed by atoms with Crippen LogP contribution in [0, 0.1) is 6.92 Å². The molecule has 0 radical (unpaired) electrons. The third-order valence-electron chi connectivity index (χ3n) is 3.49. The van der Waals surface area contributed by atoms with Crippen molar-refractivity contribution in [3.63, 3.8) is 0 Å². The highest BCUT2D eigenvalue weighted by atomic mass is 16.3. The smallest absolute Gasteiger partial charge is 0.155 e. The highest BCUT2D eigenvalue weighted by Gasteiger charge is 2.20. The molecule has 1 aliphatic heterocycles. The van der Waals surface area contributed by atoms with E-state index in [2.05, 4.69) is 29.1 Å². The van der Waals surface area contributed by atoms with Gasteiger partial charge in [0.05, 0.1) is 6.10 Å². The average molecular weight is 243 g/mol. The number of hydrogen-bond donors (Lipinski definition) is 1. The predicted octanol–water partition coefficient (Wildman–Crippen LogP) is 1.48. The Balaban J connectivity index is 1.84. The van der Waals surface area contributed by atoms with Gasteiger partial charge in [-0.25, -0.2) is 9.67 Å². The second kappa shape index (κ2) is 4.53. The first kappa shape index (κ1) is 11.4. The van der Waals surface area contributed by atoms with Crippen molar-refractivity contribution in [2.24, 2.45) is 0 Å². The van der Waals surface area contributed by atoms with E-state index in [1.807, 2.05) is 16.8 Å². The Labute approximate surface area is 106 Å². The van der Waals surface area contributed by atoms with E-state index in [1.54, 1.807) is 0 Å². The zero-order valence-electron chi connectivity index (χ0n) is 10.5. The molecule has 0 aliphatic carbocycles. The standard InChI is InChI=1S/C14H17N3O/c1-10-4-2-3-5-11(10)8-13-15-14-9-12(18)6-7-17(14)16-13/h2-5,12,18H,6-9H2,1H3. The van der Waals surface area contributed by atoms with E-state index in [9.17, 15) is 5.11 Å². The van der Waals surface area contributed by atoms with Crippen LogP contribution in [0.3, 0.4) is 0 Å². The van der Waals surface area contributed by atoms with Crippen LogP contribution in [0.1, 0.15) is 29.2 Å². The van der Waals surface area contributed by atoms with Crippen LogP contribution in [0.2, 0.25) is 0 Å². The second-order valence-electron chi connectivity index (χ2n) is 4.92. The minimum absolute atomic E-state index is 0.256. The third-order valence-corrected chi connectivity index (χ3v) is 3.49. The summed E-state index contributed by atoms with van der Waals surface area (Å²) in [5.41, 5.74) is 2.53. The summed E-state index contributed by atoms with van der Waals surface area (Å²) in [5, 5.41) is 14.1. The molecule has 0 amide bonds. The molecule has 1 aliphatic rings. The molecule has 1 aromatic carbocycles. The van der Waals surface area contributed by atoms with Crippen molar-refractivity contribution in [3.05, 3.63) is 47.0 Å². The SMILES string of the molecule is Cc1ccccc1Cc1nc2n(n1)CCC(O)C2. The van der Waals surface area contributed by atoms with Crippen LogP contribution in [-0.4, -0.2) is 26.0 Å². The first-order valence-corrected chi connectivity index (χ1v) is 6.37. The van der Waals surface area contributed by atoms with Crippen LogP contribution in [-0.2, 0) is 19.4 Å². The van der Waals surface area contributed by atoms with E-state index in [-0.39, 0.29) is 6.10 Å². The number of hydrogen-bond acceptors (Lipinski definition) is 3. The number of aromatic nitrogens is 3. The molecule has 2 aromatic rings. The molecule has 0 fully saturated rings. The number of rotatable bonds is 2. The van der Waals surface area contributed by atoms with Crippen LogP contribution in [0.5, 0.6) is 0 Å². The van der Waals surface area contributed by atoms with Crippen molar-refractivity contribution in [2.45, 2.75) is 38.8 Å². The van der Waals surface area contributed by atoms with Gasteiger partial charge in [-0.1, -0.05) is 24.3 Å². The Morgan fingerprint density at radius 3 is 3.06 bits per heavy atom. The number of aryl methyl sites for hydroxylation is 2. The van der Waals surface area contributed by atoms with Crippen LogP contribution in [0.25, 0.3) is 0 Å².